The van der Waals surface area contributed by atoms with Gasteiger partial charge in [0.05, 0.1) is 16.6 Å². The Morgan fingerprint density at radius 2 is 1.92 bits per heavy atom. The number of carbonyl (C=O) groups is 1. The molecule has 124 valence electrons. The van der Waals surface area contributed by atoms with Crippen LogP contribution in [0.1, 0.15) is 23.6 Å². The molecule has 0 fully saturated rings. The molecule has 24 heavy (non-hydrogen) atoms. The third-order valence-corrected chi connectivity index (χ3v) is 5.76. The van der Waals surface area contributed by atoms with Gasteiger partial charge < -0.3 is 5.32 Å². The molecule has 0 aliphatic rings. The van der Waals surface area contributed by atoms with Crippen LogP contribution in [0.3, 0.4) is 0 Å². The zero-order valence-corrected chi connectivity index (χ0v) is 15.7. The van der Waals surface area contributed by atoms with Gasteiger partial charge in [0, 0.05) is 4.90 Å². The number of thioether (sulfide) groups is 1. The van der Waals surface area contributed by atoms with E-state index in [0.717, 1.165) is 21.5 Å². The van der Waals surface area contributed by atoms with Gasteiger partial charge in [0.2, 0.25) is 5.91 Å². The number of hydrogen-bond donors (Lipinski definition) is 1. The second-order valence-corrected chi connectivity index (χ2v) is 8.04. The Hall–Kier alpha value is -1.85. The summed E-state index contributed by atoms with van der Waals surface area (Å²) >= 11 is 3.32. The lowest BCUT2D eigenvalue weighted by molar-refractivity contribution is -0.115. The summed E-state index contributed by atoms with van der Waals surface area (Å²) in [6.07, 6.45) is 0.366. The van der Waals surface area contributed by atoms with Crippen molar-refractivity contribution in [1.29, 1.82) is 0 Å². The molecule has 0 unspecified atom stereocenters. The van der Waals surface area contributed by atoms with Crippen LogP contribution in [0.25, 0.3) is 10.2 Å². The first-order chi connectivity index (χ1) is 11.6. The number of nitrogens with zero attached hydrogens (tertiary/aromatic N) is 1. The largest absolute Gasteiger partial charge is 0.302 e. The molecule has 0 saturated carbocycles. The van der Waals surface area contributed by atoms with Gasteiger partial charge in [0.25, 0.3) is 0 Å². The van der Waals surface area contributed by atoms with E-state index in [-0.39, 0.29) is 5.91 Å². The van der Waals surface area contributed by atoms with Crippen LogP contribution in [-0.2, 0) is 11.2 Å². The molecule has 3 aromatic rings. The van der Waals surface area contributed by atoms with E-state index in [2.05, 4.69) is 55.3 Å². The van der Waals surface area contributed by atoms with Crippen molar-refractivity contribution in [2.24, 2.45) is 0 Å². The van der Waals surface area contributed by atoms with Crippen molar-refractivity contribution in [1.82, 2.24) is 4.98 Å². The van der Waals surface area contributed by atoms with E-state index in [1.54, 1.807) is 11.8 Å². The Morgan fingerprint density at radius 1 is 1.17 bits per heavy atom. The Morgan fingerprint density at radius 3 is 2.62 bits per heavy atom. The van der Waals surface area contributed by atoms with E-state index in [0.29, 0.717) is 11.6 Å². The van der Waals surface area contributed by atoms with Crippen LogP contribution in [0.4, 0.5) is 5.13 Å². The van der Waals surface area contributed by atoms with Crippen LogP contribution in [-0.4, -0.2) is 16.6 Å². The smallest absolute Gasteiger partial charge is 0.230 e. The number of fused-ring (bicyclic) bond motifs is 1. The SMILES string of the molecule is CCSc1ccc(CC(=O)Nc2nc3c(C)c(C)ccc3s2)cc1. The maximum atomic E-state index is 12.3. The first-order valence-corrected chi connectivity index (χ1v) is 9.75. The molecule has 1 amide bonds. The maximum Gasteiger partial charge on any atom is 0.230 e. The van der Waals surface area contributed by atoms with Crippen molar-refractivity contribution in [2.75, 3.05) is 11.1 Å². The summed E-state index contributed by atoms with van der Waals surface area (Å²) in [5.41, 5.74) is 4.39. The summed E-state index contributed by atoms with van der Waals surface area (Å²) in [5, 5.41) is 3.60. The van der Waals surface area contributed by atoms with Gasteiger partial charge in [-0.15, -0.1) is 11.8 Å². The molecule has 5 heteroatoms. The van der Waals surface area contributed by atoms with Crippen LogP contribution < -0.4 is 5.32 Å². The Bertz CT molecular complexity index is 869. The summed E-state index contributed by atoms with van der Waals surface area (Å²) in [6, 6.07) is 12.3. The average Bonchev–Trinajstić information content (AvgIpc) is 2.96. The number of nitrogens with one attached hydrogen (secondary N) is 1. The fourth-order valence-electron chi connectivity index (χ4n) is 2.50. The summed E-state index contributed by atoms with van der Waals surface area (Å²) in [4.78, 5) is 18.1. The molecule has 0 bridgehead atoms. The van der Waals surface area contributed by atoms with Gasteiger partial charge in [0.15, 0.2) is 5.13 Å². The number of aromatic nitrogens is 1. The number of hydrogen-bond acceptors (Lipinski definition) is 4. The average molecular weight is 357 g/mol. The minimum absolute atomic E-state index is 0.0284. The topological polar surface area (TPSA) is 42.0 Å². The lowest BCUT2D eigenvalue weighted by atomic mass is 10.1. The molecular formula is C19H20N2OS2. The van der Waals surface area contributed by atoms with E-state index < -0.39 is 0 Å². The van der Waals surface area contributed by atoms with Crippen molar-refractivity contribution in [3.63, 3.8) is 0 Å². The summed E-state index contributed by atoms with van der Waals surface area (Å²) in [5.74, 6) is 1.02. The van der Waals surface area contributed by atoms with Gasteiger partial charge in [-0.3, -0.25) is 4.79 Å². The second-order valence-electron chi connectivity index (χ2n) is 5.68. The maximum absolute atomic E-state index is 12.3. The zero-order valence-electron chi connectivity index (χ0n) is 14.1. The van der Waals surface area contributed by atoms with E-state index in [9.17, 15) is 4.79 Å². The van der Waals surface area contributed by atoms with Crippen LogP contribution >= 0.6 is 23.1 Å². The van der Waals surface area contributed by atoms with Gasteiger partial charge in [-0.25, -0.2) is 4.98 Å². The molecule has 1 aromatic heterocycles. The van der Waals surface area contributed by atoms with Gasteiger partial charge in [-0.05, 0) is 54.5 Å². The van der Waals surface area contributed by atoms with Gasteiger partial charge in [0.1, 0.15) is 0 Å². The van der Waals surface area contributed by atoms with Crippen LogP contribution in [0.2, 0.25) is 0 Å². The Balaban J connectivity index is 1.69. The second kappa shape index (κ2) is 7.36. The third-order valence-electron chi connectivity index (χ3n) is 3.93. The van der Waals surface area contributed by atoms with Gasteiger partial charge in [-0.1, -0.05) is 36.5 Å². The molecular weight excluding hydrogens is 336 g/mol. The standard InChI is InChI=1S/C19H20N2OS2/c1-4-23-15-8-6-14(7-9-15)11-17(22)20-19-21-18-13(3)12(2)5-10-16(18)24-19/h5-10H,4,11H2,1-3H3,(H,20,21,22). The minimum atomic E-state index is -0.0284. The van der Waals surface area contributed by atoms with E-state index in [4.69, 9.17) is 0 Å². The number of benzene rings is 2. The summed E-state index contributed by atoms with van der Waals surface area (Å²) in [6.45, 7) is 6.28. The predicted octanol–water partition coefficient (Wildman–Crippen LogP) is 5.21. The molecule has 0 atom stereocenters. The van der Waals surface area contributed by atoms with Crippen molar-refractivity contribution in [3.05, 3.63) is 53.1 Å². The summed E-state index contributed by atoms with van der Waals surface area (Å²) in [7, 11) is 0. The number of carbonyl (C=O) groups excluding carboxylic acids is 1. The normalized spacial score (nSPS) is 11.0. The lowest BCUT2D eigenvalue weighted by Crippen LogP contribution is -2.14. The van der Waals surface area contributed by atoms with Crippen molar-refractivity contribution < 1.29 is 4.79 Å². The number of rotatable bonds is 5. The van der Waals surface area contributed by atoms with Crippen LogP contribution in [0.15, 0.2) is 41.3 Å². The Kier molecular flexibility index (Phi) is 5.21. The monoisotopic (exact) mass is 356 g/mol. The van der Waals surface area contributed by atoms with Crippen molar-refractivity contribution in [2.45, 2.75) is 32.1 Å². The molecule has 3 nitrogen and oxygen atoms in total. The molecule has 0 aliphatic carbocycles. The molecule has 0 radical (unpaired) electrons. The van der Waals surface area contributed by atoms with Crippen LogP contribution in [0, 0.1) is 13.8 Å². The lowest BCUT2D eigenvalue weighted by Gasteiger charge is -2.03. The highest BCUT2D eigenvalue weighted by molar-refractivity contribution is 7.99. The van der Waals surface area contributed by atoms with Gasteiger partial charge in [-0.2, -0.15) is 0 Å². The minimum Gasteiger partial charge on any atom is -0.302 e. The number of aryl methyl sites for hydroxylation is 2. The number of thiazole rings is 1. The highest BCUT2D eigenvalue weighted by Crippen LogP contribution is 2.29. The fraction of sp³-hybridized carbons (Fsp3) is 0.263. The van der Waals surface area contributed by atoms with E-state index in [1.165, 1.54) is 27.4 Å². The summed E-state index contributed by atoms with van der Waals surface area (Å²) < 4.78 is 1.11. The van der Waals surface area contributed by atoms with Crippen molar-refractivity contribution in [3.8, 4) is 0 Å². The third kappa shape index (κ3) is 3.79. The van der Waals surface area contributed by atoms with Crippen LogP contribution in [0.5, 0.6) is 0 Å². The highest BCUT2D eigenvalue weighted by Gasteiger charge is 2.11. The van der Waals surface area contributed by atoms with Gasteiger partial charge >= 0.3 is 0 Å². The molecule has 0 saturated heterocycles. The quantitative estimate of drug-likeness (QED) is 0.638. The van der Waals surface area contributed by atoms with E-state index >= 15 is 0 Å². The molecule has 0 spiro atoms. The Labute approximate surface area is 150 Å². The van der Waals surface area contributed by atoms with E-state index in [1.807, 2.05) is 12.1 Å². The molecule has 2 aromatic carbocycles. The zero-order chi connectivity index (χ0) is 17.1. The predicted molar refractivity (Wildman–Crippen MR) is 104 cm³/mol. The first-order valence-electron chi connectivity index (χ1n) is 7.95. The molecule has 1 N–H and O–H groups in total. The van der Waals surface area contributed by atoms with Crippen molar-refractivity contribution >= 4 is 44.4 Å². The number of anilines is 1. The first kappa shape index (κ1) is 17.0. The number of amides is 1. The molecule has 0 aliphatic heterocycles. The fourth-order valence-corrected chi connectivity index (χ4v) is 4.10. The highest BCUT2D eigenvalue weighted by atomic mass is 32.2. The molecule has 3 rings (SSSR count). The molecule has 1 heterocycles.